The molecule has 0 amide bonds. The highest BCUT2D eigenvalue weighted by atomic mass is 79.9. The van der Waals surface area contributed by atoms with E-state index in [1.165, 1.54) is 22.5 Å². The lowest BCUT2D eigenvalue weighted by Gasteiger charge is -2.22. The quantitative estimate of drug-likeness (QED) is 0.653. The lowest BCUT2D eigenvalue weighted by molar-refractivity contribution is 1.18. The van der Waals surface area contributed by atoms with Crippen LogP contribution < -0.4 is 4.90 Å². The Labute approximate surface area is 125 Å². The van der Waals surface area contributed by atoms with Gasteiger partial charge in [0.25, 0.3) is 0 Å². The first-order valence-corrected chi connectivity index (χ1v) is 7.68. The van der Waals surface area contributed by atoms with E-state index in [0.29, 0.717) is 0 Å². The maximum Gasteiger partial charge on any atom is 0.0437 e. The topological polar surface area (TPSA) is 3.24 Å². The van der Waals surface area contributed by atoms with Crippen molar-refractivity contribution < 1.29 is 0 Å². The molecule has 2 rings (SSSR count). The third kappa shape index (κ3) is 2.78. The summed E-state index contributed by atoms with van der Waals surface area (Å²) in [5.74, 6) is 0. The second kappa shape index (κ2) is 5.89. The molecule has 2 aromatic rings. The Balaban J connectivity index is 2.37. The van der Waals surface area contributed by atoms with Crippen molar-refractivity contribution >= 4 is 43.2 Å². The van der Waals surface area contributed by atoms with Crippen molar-refractivity contribution in [2.45, 2.75) is 12.3 Å². The first-order valence-electron chi connectivity index (χ1n) is 5.77. The Morgan fingerprint density at radius 1 is 1.11 bits per heavy atom. The second-order valence-electron chi connectivity index (χ2n) is 4.25. The van der Waals surface area contributed by atoms with Gasteiger partial charge < -0.3 is 4.90 Å². The van der Waals surface area contributed by atoms with Crippen LogP contribution in [0.1, 0.15) is 11.1 Å². The fourth-order valence-corrected chi connectivity index (χ4v) is 3.30. The lowest BCUT2D eigenvalue weighted by Crippen LogP contribution is -2.10. The molecule has 0 aliphatic rings. The van der Waals surface area contributed by atoms with E-state index >= 15 is 0 Å². The molecular formula is C15H15Br2N. The monoisotopic (exact) mass is 367 g/mol. The standard InChI is InChI=1S/C15H15Br2N/c1-11-5-3-4-6-15(11)18(2)13-8-7-12(10-16)14(17)9-13/h3-9H,10H2,1-2H3. The third-order valence-corrected chi connectivity index (χ3v) is 4.39. The van der Waals surface area contributed by atoms with Crippen molar-refractivity contribution in [3.63, 3.8) is 0 Å². The summed E-state index contributed by atoms with van der Waals surface area (Å²) in [5, 5.41) is 0.863. The van der Waals surface area contributed by atoms with Gasteiger partial charge in [0.15, 0.2) is 0 Å². The Kier molecular flexibility index (Phi) is 4.46. The minimum atomic E-state index is 0.863. The van der Waals surface area contributed by atoms with Crippen LogP contribution in [0.15, 0.2) is 46.9 Å². The normalized spacial score (nSPS) is 10.4. The molecule has 0 N–H and O–H groups in total. The van der Waals surface area contributed by atoms with Gasteiger partial charge in [0.1, 0.15) is 0 Å². The van der Waals surface area contributed by atoms with Crippen molar-refractivity contribution in [1.82, 2.24) is 0 Å². The summed E-state index contributed by atoms with van der Waals surface area (Å²) >= 11 is 7.09. The highest BCUT2D eigenvalue weighted by molar-refractivity contribution is 9.10. The Hall–Kier alpha value is -0.800. The molecule has 18 heavy (non-hydrogen) atoms. The molecule has 3 heteroatoms. The van der Waals surface area contributed by atoms with Gasteiger partial charge in [-0.25, -0.2) is 0 Å². The minimum Gasteiger partial charge on any atom is -0.344 e. The van der Waals surface area contributed by atoms with Gasteiger partial charge in [0.05, 0.1) is 0 Å². The first-order chi connectivity index (χ1) is 8.63. The van der Waals surface area contributed by atoms with E-state index in [1.54, 1.807) is 0 Å². The van der Waals surface area contributed by atoms with Crippen LogP contribution >= 0.6 is 31.9 Å². The summed E-state index contributed by atoms with van der Waals surface area (Å²) in [6.07, 6.45) is 0. The fourth-order valence-electron chi connectivity index (χ4n) is 1.93. The van der Waals surface area contributed by atoms with Gasteiger partial charge >= 0.3 is 0 Å². The molecule has 0 heterocycles. The van der Waals surface area contributed by atoms with Crippen LogP contribution in [0.4, 0.5) is 11.4 Å². The van der Waals surface area contributed by atoms with Crippen LogP contribution in [0.5, 0.6) is 0 Å². The molecule has 0 bridgehead atoms. The van der Waals surface area contributed by atoms with Crippen LogP contribution in [0.2, 0.25) is 0 Å². The molecule has 0 spiro atoms. The summed E-state index contributed by atoms with van der Waals surface area (Å²) in [6, 6.07) is 14.9. The zero-order valence-corrected chi connectivity index (χ0v) is 13.6. The zero-order chi connectivity index (χ0) is 13.1. The van der Waals surface area contributed by atoms with Crippen molar-refractivity contribution in [2.24, 2.45) is 0 Å². The second-order valence-corrected chi connectivity index (χ2v) is 5.67. The summed E-state index contributed by atoms with van der Waals surface area (Å²) in [4.78, 5) is 2.21. The van der Waals surface area contributed by atoms with Gasteiger partial charge in [-0.3, -0.25) is 0 Å². The van der Waals surface area contributed by atoms with E-state index < -0.39 is 0 Å². The molecule has 0 aliphatic heterocycles. The summed E-state index contributed by atoms with van der Waals surface area (Å²) in [7, 11) is 2.10. The van der Waals surface area contributed by atoms with Gasteiger partial charge in [-0.05, 0) is 36.2 Å². The van der Waals surface area contributed by atoms with E-state index in [2.05, 4.69) is 93.2 Å². The third-order valence-electron chi connectivity index (χ3n) is 3.04. The smallest absolute Gasteiger partial charge is 0.0437 e. The van der Waals surface area contributed by atoms with Gasteiger partial charge in [0, 0.05) is 28.2 Å². The molecule has 94 valence electrons. The van der Waals surface area contributed by atoms with Crippen LogP contribution in [-0.4, -0.2) is 7.05 Å². The van der Waals surface area contributed by atoms with E-state index in [9.17, 15) is 0 Å². The predicted octanol–water partition coefficient (Wildman–Crippen LogP) is 5.42. The van der Waals surface area contributed by atoms with E-state index in [-0.39, 0.29) is 0 Å². The minimum absolute atomic E-state index is 0.863. The van der Waals surface area contributed by atoms with Gasteiger partial charge in [-0.15, -0.1) is 0 Å². The zero-order valence-electron chi connectivity index (χ0n) is 10.5. The van der Waals surface area contributed by atoms with Crippen molar-refractivity contribution in [3.05, 3.63) is 58.1 Å². The molecule has 2 aromatic carbocycles. The van der Waals surface area contributed by atoms with E-state index in [0.717, 1.165) is 9.80 Å². The van der Waals surface area contributed by atoms with Crippen LogP contribution in [0.25, 0.3) is 0 Å². The average molecular weight is 369 g/mol. The van der Waals surface area contributed by atoms with Crippen LogP contribution in [0, 0.1) is 6.92 Å². The number of nitrogens with zero attached hydrogens (tertiary/aromatic N) is 1. The van der Waals surface area contributed by atoms with E-state index in [4.69, 9.17) is 0 Å². The summed E-state index contributed by atoms with van der Waals surface area (Å²) in [5.41, 5.74) is 4.95. The maximum atomic E-state index is 3.61. The number of anilines is 2. The van der Waals surface area contributed by atoms with Crippen LogP contribution in [-0.2, 0) is 5.33 Å². The maximum absolute atomic E-state index is 3.61. The number of halogens is 2. The number of hydrogen-bond acceptors (Lipinski definition) is 1. The van der Waals surface area contributed by atoms with Crippen LogP contribution in [0.3, 0.4) is 0 Å². The lowest BCUT2D eigenvalue weighted by atomic mass is 10.1. The predicted molar refractivity (Wildman–Crippen MR) is 86.0 cm³/mol. The molecule has 0 radical (unpaired) electrons. The Morgan fingerprint density at radius 3 is 2.44 bits per heavy atom. The first kappa shape index (κ1) is 13.6. The highest BCUT2D eigenvalue weighted by Gasteiger charge is 2.08. The Morgan fingerprint density at radius 2 is 1.83 bits per heavy atom. The largest absolute Gasteiger partial charge is 0.344 e. The molecule has 0 fully saturated rings. The van der Waals surface area contributed by atoms with Crippen molar-refractivity contribution in [1.29, 1.82) is 0 Å². The number of aryl methyl sites for hydroxylation is 1. The molecule has 0 aliphatic carbocycles. The van der Waals surface area contributed by atoms with E-state index in [1.807, 2.05) is 0 Å². The van der Waals surface area contributed by atoms with Gasteiger partial charge in [0.2, 0.25) is 0 Å². The fraction of sp³-hybridized carbons (Fsp3) is 0.200. The average Bonchev–Trinajstić information content (AvgIpc) is 2.38. The number of benzene rings is 2. The molecular weight excluding hydrogens is 354 g/mol. The van der Waals surface area contributed by atoms with Gasteiger partial charge in [-0.2, -0.15) is 0 Å². The number of para-hydroxylation sites is 1. The number of alkyl halides is 1. The van der Waals surface area contributed by atoms with Crippen molar-refractivity contribution in [3.8, 4) is 0 Å². The molecule has 0 unspecified atom stereocenters. The number of hydrogen-bond donors (Lipinski definition) is 0. The number of rotatable bonds is 3. The SMILES string of the molecule is Cc1ccccc1N(C)c1ccc(CBr)c(Br)c1. The molecule has 0 saturated carbocycles. The molecule has 0 aromatic heterocycles. The molecule has 0 saturated heterocycles. The Bertz CT molecular complexity index is 552. The van der Waals surface area contributed by atoms with Gasteiger partial charge in [-0.1, -0.05) is 56.1 Å². The molecule has 0 atom stereocenters. The highest BCUT2D eigenvalue weighted by Crippen LogP contribution is 2.30. The summed E-state index contributed by atoms with van der Waals surface area (Å²) < 4.78 is 1.14. The molecule has 1 nitrogen and oxygen atoms in total. The summed E-state index contributed by atoms with van der Waals surface area (Å²) in [6.45, 7) is 2.13. The van der Waals surface area contributed by atoms with Crippen molar-refractivity contribution in [2.75, 3.05) is 11.9 Å².